The van der Waals surface area contributed by atoms with Gasteiger partial charge in [-0.2, -0.15) is 0 Å². The second-order valence-electron chi connectivity index (χ2n) is 3.15. The summed E-state index contributed by atoms with van der Waals surface area (Å²) in [7, 11) is 0. The fourth-order valence-electron chi connectivity index (χ4n) is 1.37. The van der Waals surface area contributed by atoms with Gasteiger partial charge in [0.25, 0.3) is 0 Å². The molecule has 1 unspecified atom stereocenters. The van der Waals surface area contributed by atoms with Gasteiger partial charge in [-0.1, -0.05) is 11.6 Å². The highest BCUT2D eigenvalue weighted by Gasteiger charge is 2.20. The number of fused-ring (bicyclic) bond motifs is 1. The summed E-state index contributed by atoms with van der Waals surface area (Å²) in [5.74, 6) is 1.37. The van der Waals surface area contributed by atoms with Gasteiger partial charge in [0.2, 0.25) is 0 Å². The normalized spacial score (nSPS) is 19.4. The van der Waals surface area contributed by atoms with Gasteiger partial charge in [-0.3, -0.25) is 0 Å². The number of benzene rings is 1. The Morgan fingerprint density at radius 2 is 2.29 bits per heavy atom. The Kier molecular flexibility index (Phi) is 2.79. The molecule has 1 atom stereocenters. The van der Waals surface area contributed by atoms with E-state index >= 15 is 0 Å². The van der Waals surface area contributed by atoms with Gasteiger partial charge < -0.3 is 14.6 Å². The van der Waals surface area contributed by atoms with Crippen molar-refractivity contribution >= 4 is 11.6 Å². The average Bonchev–Trinajstić information content (AvgIpc) is 2.19. The van der Waals surface area contributed by atoms with Crippen LogP contribution in [0.5, 0.6) is 11.5 Å². The van der Waals surface area contributed by atoms with Gasteiger partial charge in [0, 0.05) is 24.1 Å². The fraction of sp³-hybridized carbons (Fsp3) is 0.400. The van der Waals surface area contributed by atoms with Crippen LogP contribution in [0.1, 0.15) is 6.42 Å². The number of aliphatic hydroxyl groups excluding tert-OH is 1. The first-order chi connectivity index (χ1) is 6.79. The molecule has 1 aromatic carbocycles. The monoisotopic (exact) mass is 214 g/mol. The maximum atomic E-state index is 8.75. The molecule has 0 fully saturated rings. The molecule has 1 aromatic rings. The minimum atomic E-state index is -0.0614. The van der Waals surface area contributed by atoms with Crippen molar-refractivity contribution in [1.82, 2.24) is 0 Å². The number of aliphatic hydroxyl groups is 1. The van der Waals surface area contributed by atoms with Crippen LogP contribution in [0.2, 0.25) is 5.02 Å². The zero-order chi connectivity index (χ0) is 9.97. The molecule has 0 saturated heterocycles. The summed E-state index contributed by atoms with van der Waals surface area (Å²) in [6, 6.07) is 5.26. The molecule has 3 nitrogen and oxygen atoms in total. The smallest absolute Gasteiger partial charge is 0.162 e. The predicted octanol–water partition coefficient (Wildman–Crippen LogP) is 1.86. The topological polar surface area (TPSA) is 38.7 Å². The van der Waals surface area contributed by atoms with Crippen LogP contribution >= 0.6 is 11.6 Å². The number of hydrogen-bond donors (Lipinski definition) is 1. The van der Waals surface area contributed by atoms with Crippen molar-refractivity contribution in [1.29, 1.82) is 0 Å². The van der Waals surface area contributed by atoms with E-state index in [0.717, 1.165) is 0 Å². The van der Waals surface area contributed by atoms with E-state index in [0.29, 0.717) is 29.5 Å². The lowest BCUT2D eigenvalue weighted by Gasteiger charge is -2.26. The quantitative estimate of drug-likeness (QED) is 0.817. The highest BCUT2D eigenvalue weighted by Crippen LogP contribution is 2.34. The van der Waals surface area contributed by atoms with Crippen molar-refractivity contribution in [3.8, 4) is 11.5 Å². The molecule has 0 bridgehead atoms. The van der Waals surface area contributed by atoms with E-state index in [2.05, 4.69) is 0 Å². The zero-order valence-corrected chi connectivity index (χ0v) is 8.33. The minimum Gasteiger partial charge on any atom is -0.486 e. The van der Waals surface area contributed by atoms with Crippen LogP contribution in [-0.4, -0.2) is 24.4 Å². The molecule has 0 amide bonds. The summed E-state index contributed by atoms with van der Waals surface area (Å²) < 4.78 is 11.0. The molecular weight excluding hydrogens is 204 g/mol. The third kappa shape index (κ3) is 1.94. The Morgan fingerprint density at radius 3 is 3.07 bits per heavy atom. The van der Waals surface area contributed by atoms with E-state index in [4.69, 9.17) is 26.2 Å². The third-order valence-electron chi connectivity index (χ3n) is 2.08. The molecule has 14 heavy (non-hydrogen) atoms. The summed E-state index contributed by atoms with van der Waals surface area (Å²) >= 11 is 5.80. The fourth-order valence-corrected chi connectivity index (χ4v) is 1.54. The summed E-state index contributed by atoms with van der Waals surface area (Å²) in [5.41, 5.74) is 0. The molecule has 0 spiro atoms. The van der Waals surface area contributed by atoms with Crippen molar-refractivity contribution in [2.75, 3.05) is 13.2 Å². The Balaban J connectivity index is 2.15. The second kappa shape index (κ2) is 4.07. The molecular formula is C10H11ClO3. The molecule has 76 valence electrons. The van der Waals surface area contributed by atoms with Crippen molar-refractivity contribution < 1.29 is 14.6 Å². The number of rotatable bonds is 2. The van der Waals surface area contributed by atoms with Crippen LogP contribution in [0.15, 0.2) is 18.2 Å². The van der Waals surface area contributed by atoms with E-state index in [9.17, 15) is 0 Å². The van der Waals surface area contributed by atoms with Crippen molar-refractivity contribution in [3.05, 3.63) is 23.2 Å². The Labute approximate surface area is 87.2 Å². The molecule has 1 N–H and O–H groups in total. The Hall–Kier alpha value is -0.930. The summed E-state index contributed by atoms with van der Waals surface area (Å²) in [4.78, 5) is 0. The number of ether oxygens (including phenoxy) is 2. The third-order valence-corrected chi connectivity index (χ3v) is 2.31. The van der Waals surface area contributed by atoms with Crippen molar-refractivity contribution in [3.63, 3.8) is 0 Å². The predicted molar refractivity (Wildman–Crippen MR) is 53.1 cm³/mol. The largest absolute Gasteiger partial charge is 0.486 e. The van der Waals surface area contributed by atoms with Gasteiger partial charge in [0.05, 0.1) is 0 Å². The van der Waals surface area contributed by atoms with E-state index in [1.54, 1.807) is 18.2 Å². The maximum absolute atomic E-state index is 8.75. The first kappa shape index (κ1) is 9.62. The standard InChI is InChI=1S/C10H11ClO3/c11-7-1-2-9-10(5-7)13-6-8(14-9)3-4-12/h1-2,5,8,12H,3-4,6H2. The lowest BCUT2D eigenvalue weighted by Crippen LogP contribution is -2.29. The molecule has 2 rings (SSSR count). The molecule has 1 aliphatic heterocycles. The summed E-state index contributed by atoms with van der Waals surface area (Å²) in [5, 5.41) is 9.39. The van der Waals surface area contributed by atoms with Gasteiger partial charge >= 0.3 is 0 Å². The van der Waals surface area contributed by atoms with Gasteiger partial charge in [0.1, 0.15) is 12.7 Å². The lowest BCUT2D eigenvalue weighted by molar-refractivity contribution is 0.0704. The lowest BCUT2D eigenvalue weighted by atomic mass is 10.2. The van der Waals surface area contributed by atoms with Crippen LogP contribution in [0.4, 0.5) is 0 Å². The summed E-state index contributed by atoms with van der Waals surface area (Å²) in [6.07, 6.45) is 0.524. The maximum Gasteiger partial charge on any atom is 0.162 e. The minimum absolute atomic E-state index is 0.0614. The second-order valence-corrected chi connectivity index (χ2v) is 3.59. The van der Waals surface area contributed by atoms with Crippen LogP contribution < -0.4 is 9.47 Å². The van der Waals surface area contributed by atoms with Crippen LogP contribution in [0.25, 0.3) is 0 Å². The van der Waals surface area contributed by atoms with Crippen molar-refractivity contribution in [2.45, 2.75) is 12.5 Å². The van der Waals surface area contributed by atoms with Gasteiger partial charge in [-0.25, -0.2) is 0 Å². The highest BCUT2D eigenvalue weighted by molar-refractivity contribution is 6.30. The first-order valence-corrected chi connectivity index (χ1v) is 4.87. The Bertz CT molecular complexity index is 327. The van der Waals surface area contributed by atoms with Gasteiger partial charge in [0.15, 0.2) is 11.5 Å². The van der Waals surface area contributed by atoms with Crippen molar-refractivity contribution in [2.24, 2.45) is 0 Å². The first-order valence-electron chi connectivity index (χ1n) is 4.49. The Morgan fingerprint density at radius 1 is 1.43 bits per heavy atom. The molecule has 0 radical (unpaired) electrons. The average molecular weight is 215 g/mol. The number of hydrogen-bond acceptors (Lipinski definition) is 3. The SMILES string of the molecule is OCCC1COc2cc(Cl)ccc2O1. The molecule has 1 heterocycles. The van der Waals surface area contributed by atoms with E-state index < -0.39 is 0 Å². The molecule has 0 aromatic heterocycles. The molecule has 0 saturated carbocycles. The highest BCUT2D eigenvalue weighted by atomic mass is 35.5. The van der Waals surface area contributed by atoms with E-state index in [-0.39, 0.29) is 12.7 Å². The van der Waals surface area contributed by atoms with Gasteiger partial charge in [-0.05, 0) is 12.1 Å². The summed E-state index contributed by atoms with van der Waals surface area (Å²) in [6.45, 7) is 0.574. The molecule has 0 aliphatic carbocycles. The van der Waals surface area contributed by atoms with Crippen LogP contribution in [0.3, 0.4) is 0 Å². The molecule has 4 heteroatoms. The van der Waals surface area contributed by atoms with Crippen LogP contribution in [-0.2, 0) is 0 Å². The van der Waals surface area contributed by atoms with E-state index in [1.807, 2.05) is 0 Å². The van der Waals surface area contributed by atoms with Gasteiger partial charge in [-0.15, -0.1) is 0 Å². The number of halogens is 1. The molecule has 1 aliphatic rings. The van der Waals surface area contributed by atoms with E-state index in [1.165, 1.54) is 0 Å². The van der Waals surface area contributed by atoms with Crippen LogP contribution in [0, 0.1) is 0 Å². The zero-order valence-electron chi connectivity index (χ0n) is 7.57.